The number of methoxy groups -OCH3 is 1. The highest BCUT2D eigenvalue weighted by atomic mass is 16.6. The number of rotatable bonds is 4. The van der Waals surface area contributed by atoms with Crippen molar-refractivity contribution in [3.8, 4) is 5.75 Å². The third-order valence-electron chi connectivity index (χ3n) is 3.65. The fraction of sp³-hybridized carbons (Fsp3) is 0.500. The maximum absolute atomic E-state index is 11.2. The van der Waals surface area contributed by atoms with Crippen LogP contribution in [-0.2, 0) is 14.3 Å². The Balaban J connectivity index is 2.24. The first-order valence-corrected chi connectivity index (χ1v) is 6.91. The van der Waals surface area contributed by atoms with Gasteiger partial charge in [0.15, 0.2) is 0 Å². The van der Waals surface area contributed by atoms with Gasteiger partial charge in [0.05, 0.1) is 19.8 Å². The van der Waals surface area contributed by atoms with Gasteiger partial charge in [0.25, 0.3) is 0 Å². The number of benzene rings is 1. The highest BCUT2D eigenvalue weighted by molar-refractivity contribution is 5.76. The lowest BCUT2D eigenvalue weighted by Gasteiger charge is -2.37. The molecule has 1 aromatic rings. The van der Waals surface area contributed by atoms with Crippen molar-refractivity contribution in [2.75, 3.05) is 13.7 Å². The highest BCUT2D eigenvalue weighted by Gasteiger charge is 2.36. The van der Waals surface area contributed by atoms with Gasteiger partial charge in [-0.25, -0.2) is 0 Å². The van der Waals surface area contributed by atoms with Crippen LogP contribution in [0.1, 0.15) is 48.7 Å². The molecular formula is C16H20O5. The molecule has 0 aliphatic carbocycles. The molecule has 0 bridgehead atoms. The summed E-state index contributed by atoms with van der Waals surface area (Å²) in [5.41, 5.74) is 0.848. The molecule has 5 heteroatoms. The lowest BCUT2D eigenvalue weighted by molar-refractivity contribution is -0.170. The van der Waals surface area contributed by atoms with E-state index in [9.17, 15) is 9.59 Å². The minimum absolute atomic E-state index is 0.225. The van der Waals surface area contributed by atoms with Crippen LogP contribution in [0.15, 0.2) is 18.2 Å². The topological polar surface area (TPSA) is 61.8 Å². The van der Waals surface area contributed by atoms with E-state index < -0.39 is 5.60 Å². The molecule has 0 spiro atoms. The van der Waals surface area contributed by atoms with Crippen LogP contribution in [0.5, 0.6) is 5.75 Å². The Bertz CT molecular complexity index is 539. The second-order valence-corrected chi connectivity index (χ2v) is 5.51. The molecule has 0 aromatic heterocycles. The number of ether oxygens (including phenoxy) is 3. The minimum atomic E-state index is -0.542. The molecule has 1 fully saturated rings. The molecule has 1 aliphatic rings. The molecule has 2 rings (SSSR count). The second kappa shape index (κ2) is 6.26. The van der Waals surface area contributed by atoms with Crippen LogP contribution in [0.4, 0.5) is 0 Å². The molecule has 1 aliphatic heterocycles. The van der Waals surface area contributed by atoms with Crippen LogP contribution in [0.3, 0.4) is 0 Å². The van der Waals surface area contributed by atoms with Crippen LogP contribution in [0, 0.1) is 0 Å². The fourth-order valence-electron chi connectivity index (χ4n) is 2.64. The molecule has 1 saturated heterocycles. The van der Waals surface area contributed by atoms with E-state index in [1.54, 1.807) is 19.2 Å². The Morgan fingerprint density at radius 1 is 1.43 bits per heavy atom. The van der Waals surface area contributed by atoms with Crippen molar-refractivity contribution in [1.82, 2.24) is 0 Å². The van der Waals surface area contributed by atoms with Gasteiger partial charge in [-0.3, -0.25) is 9.59 Å². The highest BCUT2D eigenvalue weighted by Crippen LogP contribution is 2.37. The van der Waals surface area contributed by atoms with Crippen molar-refractivity contribution in [3.63, 3.8) is 0 Å². The zero-order valence-corrected chi connectivity index (χ0v) is 12.5. The average Bonchev–Trinajstić information content (AvgIpc) is 2.45. The van der Waals surface area contributed by atoms with E-state index in [1.807, 2.05) is 13.0 Å². The molecule has 5 nitrogen and oxygen atoms in total. The van der Waals surface area contributed by atoms with Gasteiger partial charge < -0.3 is 14.2 Å². The van der Waals surface area contributed by atoms with Crippen LogP contribution >= 0.6 is 0 Å². The Morgan fingerprint density at radius 2 is 2.19 bits per heavy atom. The zero-order valence-electron chi connectivity index (χ0n) is 12.5. The summed E-state index contributed by atoms with van der Waals surface area (Å²) >= 11 is 0. The van der Waals surface area contributed by atoms with E-state index >= 15 is 0 Å². The van der Waals surface area contributed by atoms with Crippen molar-refractivity contribution in [3.05, 3.63) is 29.3 Å². The van der Waals surface area contributed by atoms with Gasteiger partial charge in [0.2, 0.25) is 0 Å². The third-order valence-corrected chi connectivity index (χ3v) is 3.65. The van der Waals surface area contributed by atoms with Crippen LogP contribution < -0.4 is 4.74 Å². The van der Waals surface area contributed by atoms with Gasteiger partial charge >= 0.3 is 5.97 Å². The zero-order chi connectivity index (χ0) is 15.5. The van der Waals surface area contributed by atoms with Crippen molar-refractivity contribution >= 4 is 12.3 Å². The predicted octanol–water partition coefficient (Wildman–Crippen LogP) is 2.68. The van der Waals surface area contributed by atoms with E-state index in [2.05, 4.69) is 0 Å². The van der Waals surface area contributed by atoms with Crippen molar-refractivity contribution in [2.24, 2.45) is 0 Å². The van der Waals surface area contributed by atoms with E-state index in [0.717, 1.165) is 11.8 Å². The summed E-state index contributed by atoms with van der Waals surface area (Å²) in [5.74, 6) is 0.315. The molecule has 0 N–H and O–H groups in total. The average molecular weight is 292 g/mol. The van der Waals surface area contributed by atoms with Gasteiger partial charge in [0, 0.05) is 25.3 Å². The quantitative estimate of drug-likeness (QED) is 0.630. The van der Waals surface area contributed by atoms with Gasteiger partial charge in [-0.2, -0.15) is 0 Å². The van der Waals surface area contributed by atoms with E-state index in [4.69, 9.17) is 14.2 Å². The fourth-order valence-corrected chi connectivity index (χ4v) is 2.64. The van der Waals surface area contributed by atoms with Crippen molar-refractivity contribution in [1.29, 1.82) is 0 Å². The summed E-state index contributed by atoms with van der Waals surface area (Å²) in [6.07, 6.45) is 1.77. The summed E-state index contributed by atoms with van der Waals surface area (Å²) in [7, 11) is 1.55. The Morgan fingerprint density at radius 3 is 2.81 bits per heavy atom. The molecule has 1 heterocycles. The van der Waals surface area contributed by atoms with E-state index in [0.29, 0.717) is 30.8 Å². The monoisotopic (exact) mass is 292 g/mol. The van der Waals surface area contributed by atoms with Crippen LogP contribution in [0.2, 0.25) is 0 Å². The van der Waals surface area contributed by atoms with Crippen molar-refractivity contribution < 1.29 is 23.8 Å². The molecule has 0 saturated carbocycles. The predicted molar refractivity (Wildman–Crippen MR) is 76.5 cm³/mol. The smallest absolute Gasteiger partial charge is 0.303 e. The molecule has 114 valence electrons. The molecule has 1 aromatic carbocycles. The number of esters is 1. The second-order valence-electron chi connectivity index (χ2n) is 5.51. The Labute approximate surface area is 124 Å². The lowest BCUT2D eigenvalue weighted by Crippen LogP contribution is -2.38. The molecule has 0 radical (unpaired) electrons. The first-order valence-electron chi connectivity index (χ1n) is 6.91. The summed E-state index contributed by atoms with van der Waals surface area (Å²) in [5, 5.41) is 0. The standard InChI is InChI=1S/C16H20O5/c1-11(18)21-16(2)4-5-20-15(9-16)13-6-12(10-17)7-14(8-13)19-3/h6-8,10,15H,4-5,9H2,1-3H3. The minimum Gasteiger partial charge on any atom is -0.497 e. The van der Waals surface area contributed by atoms with Gasteiger partial charge in [0.1, 0.15) is 17.6 Å². The molecule has 2 unspecified atom stereocenters. The summed E-state index contributed by atoms with van der Waals surface area (Å²) in [6.45, 7) is 3.82. The molecule has 2 atom stereocenters. The maximum atomic E-state index is 11.2. The number of aldehydes is 1. The van der Waals surface area contributed by atoms with Gasteiger partial charge in [-0.1, -0.05) is 0 Å². The Kier molecular flexibility index (Phi) is 4.63. The first-order chi connectivity index (χ1) is 9.95. The molecular weight excluding hydrogens is 272 g/mol. The number of carbonyl (C=O) groups excluding carboxylic acids is 2. The number of hydrogen-bond donors (Lipinski definition) is 0. The molecule has 0 amide bonds. The normalized spacial score (nSPS) is 25.2. The summed E-state index contributed by atoms with van der Waals surface area (Å²) in [4.78, 5) is 22.2. The lowest BCUT2D eigenvalue weighted by atomic mass is 9.88. The van der Waals surface area contributed by atoms with Gasteiger partial charge in [-0.05, 0) is 30.7 Å². The van der Waals surface area contributed by atoms with E-state index in [1.165, 1.54) is 6.92 Å². The third kappa shape index (κ3) is 3.82. The SMILES string of the molecule is COc1cc(C=O)cc(C2CC(C)(OC(C)=O)CCO2)c1. The number of hydrogen-bond acceptors (Lipinski definition) is 5. The van der Waals surface area contributed by atoms with Gasteiger partial charge in [-0.15, -0.1) is 0 Å². The Hall–Kier alpha value is -1.88. The van der Waals surface area contributed by atoms with Crippen molar-refractivity contribution in [2.45, 2.75) is 38.4 Å². The first kappa shape index (κ1) is 15.5. The van der Waals surface area contributed by atoms with E-state index in [-0.39, 0.29) is 12.1 Å². The maximum Gasteiger partial charge on any atom is 0.303 e. The largest absolute Gasteiger partial charge is 0.497 e. The number of carbonyl (C=O) groups is 2. The van der Waals surface area contributed by atoms with Crippen LogP contribution in [-0.4, -0.2) is 31.6 Å². The summed E-state index contributed by atoms with van der Waals surface area (Å²) in [6, 6.07) is 5.29. The van der Waals surface area contributed by atoms with Crippen LogP contribution in [0.25, 0.3) is 0 Å². The summed E-state index contributed by atoms with van der Waals surface area (Å²) < 4.78 is 16.4. The molecule has 21 heavy (non-hydrogen) atoms.